The number of allylic oxidation sites excluding steroid dienone is 1. The SMILES string of the molecule is CC=Cc1ccc(OCC(=O)N2CC=C(c3ccccc3)CC2)c(OC)c1. The summed E-state index contributed by atoms with van der Waals surface area (Å²) in [5.41, 5.74) is 3.55. The zero-order valence-electron chi connectivity index (χ0n) is 15.9. The molecule has 0 aliphatic carbocycles. The Morgan fingerprint density at radius 2 is 1.96 bits per heavy atom. The Morgan fingerprint density at radius 1 is 1.15 bits per heavy atom. The summed E-state index contributed by atoms with van der Waals surface area (Å²) in [6.45, 7) is 3.30. The van der Waals surface area contributed by atoms with E-state index in [0.717, 1.165) is 12.0 Å². The molecule has 0 unspecified atom stereocenters. The summed E-state index contributed by atoms with van der Waals surface area (Å²) in [6.07, 6.45) is 6.94. The second kappa shape index (κ2) is 9.08. The van der Waals surface area contributed by atoms with Crippen LogP contribution in [0.4, 0.5) is 0 Å². The third kappa shape index (κ3) is 4.79. The van der Waals surface area contributed by atoms with Gasteiger partial charge in [-0.1, -0.05) is 54.6 Å². The first kappa shape index (κ1) is 18.8. The number of benzene rings is 2. The molecule has 140 valence electrons. The maximum Gasteiger partial charge on any atom is 0.260 e. The van der Waals surface area contributed by atoms with Crippen molar-refractivity contribution in [2.45, 2.75) is 13.3 Å². The minimum Gasteiger partial charge on any atom is -0.493 e. The summed E-state index contributed by atoms with van der Waals surface area (Å²) in [7, 11) is 1.60. The Hall–Kier alpha value is -3.01. The van der Waals surface area contributed by atoms with Crippen LogP contribution >= 0.6 is 0 Å². The highest BCUT2D eigenvalue weighted by atomic mass is 16.5. The Kier molecular flexibility index (Phi) is 6.31. The summed E-state index contributed by atoms with van der Waals surface area (Å²) >= 11 is 0. The van der Waals surface area contributed by atoms with Gasteiger partial charge in [0.05, 0.1) is 7.11 Å². The van der Waals surface area contributed by atoms with Crippen molar-refractivity contribution in [1.82, 2.24) is 4.90 Å². The van der Waals surface area contributed by atoms with E-state index >= 15 is 0 Å². The minimum atomic E-state index is -0.0158. The highest BCUT2D eigenvalue weighted by Crippen LogP contribution is 2.29. The van der Waals surface area contributed by atoms with Crippen LogP contribution in [0.1, 0.15) is 24.5 Å². The molecule has 2 aromatic carbocycles. The van der Waals surface area contributed by atoms with E-state index in [1.54, 1.807) is 7.11 Å². The van der Waals surface area contributed by atoms with Crippen molar-refractivity contribution in [1.29, 1.82) is 0 Å². The molecule has 3 rings (SSSR count). The number of ether oxygens (including phenoxy) is 2. The van der Waals surface area contributed by atoms with E-state index in [1.807, 2.05) is 60.4 Å². The van der Waals surface area contributed by atoms with Gasteiger partial charge in [0.15, 0.2) is 18.1 Å². The number of carbonyl (C=O) groups excluding carboxylic acids is 1. The molecule has 0 saturated carbocycles. The number of rotatable bonds is 6. The van der Waals surface area contributed by atoms with Crippen molar-refractivity contribution < 1.29 is 14.3 Å². The molecule has 2 aromatic rings. The second-order valence-electron chi connectivity index (χ2n) is 6.38. The second-order valence-corrected chi connectivity index (χ2v) is 6.38. The van der Waals surface area contributed by atoms with E-state index in [1.165, 1.54) is 11.1 Å². The van der Waals surface area contributed by atoms with Crippen LogP contribution in [0.15, 0.2) is 60.7 Å². The zero-order chi connectivity index (χ0) is 19.1. The fourth-order valence-corrected chi connectivity index (χ4v) is 3.14. The largest absolute Gasteiger partial charge is 0.493 e. The Bertz CT molecular complexity index is 840. The van der Waals surface area contributed by atoms with E-state index in [0.29, 0.717) is 24.6 Å². The van der Waals surface area contributed by atoms with Gasteiger partial charge in [-0.3, -0.25) is 4.79 Å². The van der Waals surface area contributed by atoms with Crippen molar-refractivity contribution in [3.05, 3.63) is 71.8 Å². The molecule has 0 saturated heterocycles. The van der Waals surface area contributed by atoms with Gasteiger partial charge < -0.3 is 14.4 Å². The lowest BCUT2D eigenvalue weighted by Crippen LogP contribution is -2.37. The summed E-state index contributed by atoms with van der Waals surface area (Å²) in [6, 6.07) is 16.0. The molecule has 0 spiro atoms. The van der Waals surface area contributed by atoms with Crippen LogP contribution in [0.25, 0.3) is 11.6 Å². The van der Waals surface area contributed by atoms with E-state index < -0.39 is 0 Å². The van der Waals surface area contributed by atoms with Crippen molar-refractivity contribution in [2.24, 2.45) is 0 Å². The molecule has 0 bridgehead atoms. The van der Waals surface area contributed by atoms with Gasteiger partial charge in [0.2, 0.25) is 0 Å². The van der Waals surface area contributed by atoms with Crippen LogP contribution in [-0.2, 0) is 4.79 Å². The van der Waals surface area contributed by atoms with Gasteiger partial charge >= 0.3 is 0 Å². The van der Waals surface area contributed by atoms with Gasteiger partial charge in [-0.25, -0.2) is 0 Å². The number of hydrogen-bond acceptors (Lipinski definition) is 3. The molecule has 1 heterocycles. The van der Waals surface area contributed by atoms with Crippen molar-refractivity contribution >= 4 is 17.6 Å². The molecule has 0 radical (unpaired) electrons. The Labute approximate surface area is 160 Å². The van der Waals surface area contributed by atoms with E-state index in [-0.39, 0.29) is 12.5 Å². The molecule has 0 aromatic heterocycles. The molecule has 4 nitrogen and oxygen atoms in total. The monoisotopic (exact) mass is 363 g/mol. The predicted molar refractivity (Wildman–Crippen MR) is 109 cm³/mol. The lowest BCUT2D eigenvalue weighted by Gasteiger charge is -2.26. The minimum absolute atomic E-state index is 0.00777. The molecule has 1 aliphatic rings. The topological polar surface area (TPSA) is 38.8 Å². The first-order valence-electron chi connectivity index (χ1n) is 9.17. The van der Waals surface area contributed by atoms with Gasteiger partial charge in [0.1, 0.15) is 0 Å². The Morgan fingerprint density at radius 3 is 2.63 bits per heavy atom. The van der Waals surface area contributed by atoms with Crippen LogP contribution in [-0.4, -0.2) is 37.6 Å². The summed E-state index contributed by atoms with van der Waals surface area (Å²) < 4.78 is 11.1. The number of carbonyl (C=O) groups is 1. The smallest absolute Gasteiger partial charge is 0.260 e. The molecule has 0 atom stereocenters. The van der Waals surface area contributed by atoms with Crippen LogP contribution in [0.3, 0.4) is 0 Å². The fraction of sp³-hybridized carbons (Fsp3) is 0.261. The van der Waals surface area contributed by atoms with Crippen LogP contribution in [0.2, 0.25) is 0 Å². The van der Waals surface area contributed by atoms with E-state index in [2.05, 4.69) is 18.2 Å². The van der Waals surface area contributed by atoms with Crippen LogP contribution in [0.5, 0.6) is 11.5 Å². The highest BCUT2D eigenvalue weighted by Gasteiger charge is 2.19. The van der Waals surface area contributed by atoms with Gasteiger partial charge in [0.25, 0.3) is 5.91 Å². The van der Waals surface area contributed by atoms with Crippen molar-refractivity contribution in [3.63, 3.8) is 0 Å². The number of amides is 1. The highest BCUT2D eigenvalue weighted by molar-refractivity contribution is 5.79. The number of hydrogen-bond donors (Lipinski definition) is 0. The third-order valence-corrected chi connectivity index (χ3v) is 4.60. The maximum atomic E-state index is 12.5. The standard InChI is InChI=1S/C23H25NO3/c1-3-7-18-10-11-21(22(16-18)26-2)27-17-23(25)24-14-12-20(13-15-24)19-8-5-4-6-9-19/h3-12,16H,13-15,17H2,1-2H3. The third-order valence-electron chi connectivity index (χ3n) is 4.60. The van der Waals surface area contributed by atoms with Crippen molar-refractivity contribution in [3.8, 4) is 11.5 Å². The van der Waals surface area contributed by atoms with Gasteiger partial charge in [0, 0.05) is 13.1 Å². The predicted octanol–water partition coefficient (Wildman–Crippen LogP) is 4.42. The average Bonchev–Trinajstić information content (AvgIpc) is 2.73. The van der Waals surface area contributed by atoms with Crippen LogP contribution < -0.4 is 9.47 Å². The number of methoxy groups -OCH3 is 1. The van der Waals surface area contributed by atoms with Gasteiger partial charge in [-0.15, -0.1) is 0 Å². The fourth-order valence-electron chi connectivity index (χ4n) is 3.14. The molecule has 0 fully saturated rings. The average molecular weight is 363 g/mol. The quantitative estimate of drug-likeness (QED) is 0.762. The first-order chi connectivity index (χ1) is 13.2. The maximum absolute atomic E-state index is 12.5. The molecular weight excluding hydrogens is 338 g/mol. The normalized spacial score (nSPS) is 14.1. The summed E-state index contributed by atoms with van der Waals surface area (Å²) in [5.74, 6) is 1.19. The lowest BCUT2D eigenvalue weighted by molar-refractivity contribution is -0.132. The number of nitrogens with zero attached hydrogens (tertiary/aromatic N) is 1. The van der Waals surface area contributed by atoms with Crippen molar-refractivity contribution in [2.75, 3.05) is 26.8 Å². The van der Waals surface area contributed by atoms with Crippen LogP contribution in [0, 0.1) is 0 Å². The molecule has 0 N–H and O–H groups in total. The van der Waals surface area contributed by atoms with E-state index in [4.69, 9.17) is 9.47 Å². The van der Waals surface area contributed by atoms with E-state index in [9.17, 15) is 4.79 Å². The molecule has 1 amide bonds. The lowest BCUT2D eigenvalue weighted by atomic mass is 10.00. The van der Waals surface area contributed by atoms with Gasteiger partial charge in [-0.2, -0.15) is 0 Å². The molecule has 4 heteroatoms. The zero-order valence-corrected chi connectivity index (χ0v) is 15.9. The molecular formula is C23H25NO3. The summed E-state index contributed by atoms with van der Waals surface area (Å²) in [5, 5.41) is 0. The molecule has 27 heavy (non-hydrogen) atoms. The summed E-state index contributed by atoms with van der Waals surface area (Å²) in [4.78, 5) is 14.3. The first-order valence-corrected chi connectivity index (χ1v) is 9.17. The Balaban J connectivity index is 1.58. The molecule has 1 aliphatic heterocycles. The van der Waals surface area contributed by atoms with Gasteiger partial charge in [-0.05, 0) is 42.2 Å².